The summed E-state index contributed by atoms with van der Waals surface area (Å²) < 4.78 is 0. The van der Waals surface area contributed by atoms with Crippen LogP contribution in [-0.4, -0.2) is 10.9 Å². The van der Waals surface area contributed by atoms with Crippen molar-refractivity contribution in [1.82, 2.24) is 4.98 Å². The van der Waals surface area contributed by atoms with Crippen molar-refractivity contribution in [2.24, 2.45) is 0 Å². The summed E-state index contributed by atoms with van der Waals surface area (Å²) in [4.78, 5) is 16.1. The molecule has 19 heavy (non-hydrogen) atoms. The van der Waals surface area contributed by atoms with E-state index in [9.17, 15) is 4.79 Å². The van der Waals surface area contributed by atoms with Crippen molar-refractivity contribution < 1.29 is 4.79 Å². The molecule has 0 aliphatic carbocycles. The van der Waals surface area contributed by atoms with Gasteiger partial charge in [-0.25, -0.2) is 4.98 Å². The van der Waals surface area contributed by atoms with Crippen LogP contribution in [0.4, 0.5) is 11.4 Å². The molecule has 1 aromatic heterocycles. The third-order valence-corrected chi connectivity index (χ3v) is 3.18. The first-order valence-electron chi connectivity index (χ1n) is 5.77. The first-order chi connectivity index (χ1) is 8.99. The average molecular weight is 276 g/mol. The number of pyridine rings is 1. The third-order valence-electron chi connectivity index (χ3n) is 2.89. The lowest BCUT2D eigenvalue weighted by atomic mass is 10.1. The number of amides is 1. The molecule has 1 aromatic carbocycles. The number of rotatable bonds is 2. The number of carbonyl (C=O) groups excluding carboxylic acids is 1. The van der Waals surface area contributed by atoms with Gasteiger partial charge in [0.25, 0.3) is 5.91 Å². The van der Waals surface area contributed by atoms with E-state index in [4.69, 9.17) is 17.3 Å². The normalized spacial score (nSPS) is 10.3. The average Bonchev–Trinajstić information content (AvgIpc) is 2.37. The van der Waals surface area contributed by atoms with E-state index in [1.165, 1.54) is 0 Å². The van der Waals surface area contributed by atoms with E-state index in [-0.39, 0.29) is 11.1 Å². The second-order valence-electron chi connectivity index (χ2n) is 4.32. The van der Waals surface area contributed by atoms with E-state index in [0.717, 1.165) is 11.1 Å². The number of halogens is 1. The topological polar surface area (TPSA) is 68.0 Å². The molecule has 0 aliphatic rings. The smallest absolute Gasteiger partial charge is 0.255 e. The zero-order chi connectivity index (χ0) is 14.0. The van der Waals surface area contributed by atoms with Gasteiger partial charge in [-0.3, -0.25) is 4.79 Å². The third kappa shape index (κ3) is 2.85. The highest BCUT2D eigenvalue weighted by Crippen LogP contribution is 2.23. The summed E-state index contributed by atoms with van der Waals surface area (Å²) in [5.41, 5.74) is 9.18. The summed E-state index contributed by atoms with van der Waals surface area (Å²) in [6.45, 7) is 3.74. The van der Waals surface area contributed by atoms with Crippen LogP contribution in [0.1, 0.15) is 21.5 Å². The lowest BCUT2D eigenvalue weighted by Gasteiger charge is -2.10. The molecule has 0 bridgehead atoms. The molecule has 98 valence electrons. The van der Waals surface area contributed by atoms with Crippen LogP contribution in [0.2, 0.25) is 5.15 Å². The van der Waals surface area contributed by atoms with Crippen molar-refractivity contribution in [2.75, 3.05) is 11.1 Å². The number of aromatic nitrogens is 1. The summed E-state index contributed by atoms with van der Waals surface area (Å²) in [7, 11) is 0. The molecule has 0 unspecified atom stereocenters. The molecule has 2 rings (SSSR count). The summed E-state index contributed by atoms with van der Waals surface area (Å²) >= 11 is 5.97. The van der Waals surface area contributed by atoms with E-state index >= 15 is 0 Å². The predicted octanol–water partition coefficient (Wildman–Crippen LogP) is 3.19. The van der Waals surface area contributed by atoms with Crippen LogP contribution < -0.4 is 11.1 Å². The van der Waals surface area contributed by atoms with Crippen LogP contribution in [0.5, 0.6) is 0 Å². The fourth-order valence-corrected chi connectivity index (χ4v) is 1.90. The monoisotopic (exact) mass is 275 g/mol. The van der Waals surface area contributed by atoms with E-state index in [1.54, 1.807) is 24.4 Å². The maximum atomic E-state index is 12.1. The minimum absolute atomic E-state index is 0.260. The van der Waals surface area contributed by atoms with Crippen molar-refractivity contribution in [2.45, 2.75) is 13.8 Å². The number of benzene rings is 1. The van der Waals surface area contributed by atoms with Crippen LogP contribution >= 0.6 is 11.6 Å². The Hall–Kier alpha value is -2.07. The molecular weight excluding hydrogens is 262 g/mol. The number of aryl methyl sites for hydroxylation is 2. The molecule has 0 radical (unpaired) electrons. The molecule has 1 amide bonds. The van der Waals surface area contributed by atoms with Crippen molar-refractivity contribution in [3.05, 3.63) is 52.3 Å². The lowest BCUT2D eigenvalue weighted by Crippen LogP contribution is -2.14. The van der Waals surface area contributed by atoms with Crippen molar-refractivity contribution in [3.8, 4) is 0 Å². The molecule has 4 nitrogen and oxygen atoms in total. The van der Waals surface area contributed by atoms with Crippen molar-refractivity contribution in [3.63, 3.8) is 0 Å². The van der Waals surface area contributed by atoms with Gasteiger partial charge in [-0.15, -0.1) is 0 Å². The quantitative estimate of drug-likeness (QED) is 0.653. The molecule has 0 aliphatic heterocycles. The first kappa shape index (κ1) is 13.4. The van der Waals surface area contributed by atoms with Crippen LogP contribution in [-0.2, 0) is 0 Å². The Labute approximate surface area is 116 Å². The Morgan fingerprint density at radius 2 is 2.00 bits per heavy atom. The predicted molar refractivity (Wildman–Crippen MR) is 77.5 cm³/mol. The van der Waals surface area contributed by atoms with E-state index in [1.807, 2.05) is 19.9 Å². The fraction of sp³-hybridized carbons (Fsp3) is 0.143. The highest BCUT2D eigenvalue weighted by atomic mass is 35.5. The second kappa shape index (κ2) is 5.28. The molecule has 0 spiro atoms. The molecule has 0 fully saturated rings. The highest BCUT2D eigenvalue weighted by Gasteiger charge is 2.11. The Morgan fingerprint density at radius 3 is 2.63 bits per heavy atom. The molecule has 0 atom stereocenters. The number of nitrogens with two attached hydrogens (primary N) is 1. The molecular formula is C14H14ClN3O. The molecule has 1 heterocycles. The molecule has 0 saturated heterocycles. The maximum absolute atomic E-state index is 12.1. The Kier molecular flexibility index (Phi) is 3.71. The van der Waals surface area contributed by atoms with Gasteiger partial charge in [0.15, 0.2) is 5.15 Å². The summed E-state index contributed by atoms with van der Waals surface area (Å²) in [5, 5.41) is 3.02. The first-order valence-corrected chi connectivity index (χ1v) is 6.15. The van der Waals surface area contributed by atoms with Gasteiger partial charge in [0.2, 0.25) is 0 Å². The molecule has 3 N–H and O–H groups in total. The van der Waals surface area contributed by atoms with Gasteiger partial charge in [0.1, 0.15) is 0 Å². The number of hydrogen-bond donors (Lipinski definition) is 2. The minimum atomic E-state index is -0.260. The number of nitrogens with zero attached hydrogens (tertiary/aromatic N) is 1. The van der Waals surface area contributed by atoms with Gasteiger partial charge >= 0.3 is 0 Å². The fourth-order valence-electron chi connectivity index (χ4n) is 1.64. The largest absolute Gasteiger partial charge is 0.398 e. The number of nitrogen functional groups attached to an aromatic ring is 1. The summed E-state index contributed by atoms with van der Waals surface area (Å²) in [6.07, 6.45) is 1.59. The standard InChI is InChI=1S/C14H14ClN3O/c1-8-3-4-10(7-11(8)16)14(19)18-12-9(2)5-6-17-13(12)15/h3-7H,16H2,1-2H3,(H,18,19). The van der Waals surface area contributed by atoms with Crippen LogP contribution in [0, 0.1) is 13.8 Å². The summed E-state index contributed by atoms with van der Waals surface area (Å²) in [5.74, 6) is -0.260. The van der Waals surface area contributed by atoms with Gasteiger partial charge in [0, 0.05) is 17.4 Å². The number of anilines is 2. The van der Waals surface area contributed by atoms with E-state index < -0.39 is 0 Å². The van der Waals surface area contributed by atoms with E-state index in [0.29, 0.717) is 16.9 Å². The zero-order valence-electron chi connectivity index (χ0n) is 10.7. The molecule has 0 saturated carbocycles. The number of nitrogens with one attached hydrogen (secondary N) is 1. The molecule has 5 heteroatoms. The number of hydrogen-bond acceptors (Lipinski definition) is 3. The second-order valence-corrected chi connectivity index (χ2v) is 4.68. The lowest BCUT2D eigenvalue weighted by molar-refractivity contribution is 0.102. The van der Waals surface area contributed by atoms with Gasteiger partial charge in [-0.1, -0.05) is 17.7 Å². The maximum Gasteiger partial charge on any atom is 0.255 e. The van der Waals surface area contributed by atoms with Crippen LogP contribution in [0.15, 0.2) is 30.5 Å². The minimum Gasteiger partial charge on any atom is -0.398 e. The Balaban J connectivity index is 2.28. The van der Waals surface area contributed by atoms with Gasteiger partial charge in [-0.2, -0.15) is 0 Å². The summed E-state index contributed by atoms with van der Waals surface area (Å²) in [6, 6.07) is 6.96. The number of carbonyl (C=O) groups is 1. The van der Waals surface area contributed by atoms with E-state index in [2.05, 4.69) is 10.3 Å². The van der Waals surface area contributed by atoms with Crippen molar-refractivity contribution >= 4 is 28.9 Å². The molecule has 2 aromatic rings. The SMILES string of the molecule is Cc1ccc(C(=O)Nc2c(C)ccnc2Cl)cc1N. The van der Waals surface area contributed by atoms with Gasteiger partial charge in [0.05, 0.1) is 5.69 Å². The van der Waals surface area contributed by atoms with Crippen LogP contribution in [0.3, 0.4) is 0 Å². The Bertz CT molecular complexity index is 620. The Morgan fingerprint density at radius 1 is 1.26 bits per heavy atom. The highest BCUT2D eigenvalue weighted by molar-refractivity contribution is 6.32. The van der Waals surface area contributed by atoms with Crippen LogP contribution in [0.25, 0.3) is 0 Å². The zero-order valence-corrected chi connectivity index (χ0v) is 11.5. The van der Waals surface area contributed by atoms with Crippen molar-refractivity contribution in [1.29, 1.82) is 0 Å². The van der Waals surface area contributed by atoms with Gasteiger partial charge < -0.3 is 11.1 Å². The van der Waals surface area contributed by atoms with Gasteiger partial charge in [-0.05, 0) is 43.2 Å².